The number of hydrogen-bond acceptors (Lipinski definition) is 5. The normalized spacial score (nSPS) is 10.1. The summed E-state index contributed by atoms with van der Waals surface area (Å²) in [6.45, 7) is 2.11. The Bertz CT molecular complexity index is 609. The molecule has 0 aliphatic rings. The Labute approximate surface area is 117 Å². The second-order valence-corrected chi connectivity index (χ2v) is 4.42. The fourth-order valence-electron chi connectivity index (χ4n) is 1.81. The van der Waals surface area contributed by atoms with Gasteiger partial charge < -0.3 is 15.8 Å². The number of anilines is 2. The van der Waals surface area contributed by atoms with Gasteiger partial charge in [-0.15, -0.1) is 0 Å². The highest BCUT2D eigenvalue weighted by Gasteiger charge is 2.05. The van der Waals surface area contributed by atoms with E-state index in [1.165, 1.54) is 6.92 Å². The van der Waals surface area contributed by atoms with Crippen LogP contribution in [0.2, 0.25) is 0 Å². The van der Waals surface area contributed by atoms with Gasteiger partial charge in [0, 0.05) is 35.7 Å². The van der Waals surface area contributed by atoms with Gasteiger partial charge in [-0.25, -0.2) is 4.98 Å². The van der Waals surface area contributed by atoms with Gasteiger partial charge in [0.15, 0.2) is 5.78 Å². The second kappa shape index (κ2) is 6.06. The summed E-state index contributed by atoms with van der Waals surface area (Å²) >= 11 is 0. The average Bonchev–Trinajstić information content (AvgIpc) is 2.46. The Hall–Kier alpha value is -2.56. The third kappa shape index (κ3) is 3.26. The molecular formula is C15H17N3O2. The highest BCUT2D eigenvalue weighted by molar-refractivity contribution is 5.99. The molecule has 0 amide bonds. The van der Waals surface area contributed by atoms with Crippen LogP contribution in [0.5, 0.6) is 5.88 Å². The minimum absolute atomic E-state index is 0.0442. The van der Waals surface area contributed by atoms with E-state index in [0.29, 0.717) is 23.7 Å². The van der Waals surface area contributed by atoms with Gasteiger partial charge in [-0.05, 0) is 30.7 Å². The monoisotopic (exact) mass is 271 g/mol. The predicted molar refractivity (Wildman–Crippen MR) is 79.0 cm³/mol. The quantitative estimate of drug-likeness (QED) is 0.645. The topological polar surface area (TPSA) is 77.2 Å². The molecule has 2 aromatic rings. The van der Waals surface area contributed by atoms with Crippen molar-refractivity contribution in [2.75, 3.05) is 18.2 Å². The largest absolute Gasteiger partial charge is 0.481 e. The molecule has 0 radical (unpaired) electrons. The summed E-state index contributed by atoms with van der Waals surface area (Å²) in [5, 5.41) is 3.23. The van der Waals surface area contributed by atoms with E-state index in [9.17, 15) is 4.79 Å². The highest BCUT2D eigenvalue weighted by Crippen LogP contribution is 2.19. The van der Waals surface area contributed by atoms with Crippen molar-refractivity contribution in [2.45, 2.75) is 13.5 Å². The van der Waals surface area contributed by atoms with Crippen LogP contribution in [0.3, 0.4) is 0 Å². The van der Waals surface area contributed by atoms with Crippen LogP contribution in [-0.2, 0) is 6.54 Å². The van der Waals surface area contributed by atoms with Crippen LogP contribution in [0.15, 0.2) is 36.5 Å². The van der Waals surface area contributed by atoms with Gasteiger partial charge in [-0.3, -0.25) is 4.79 Å². The molecule has 1 heterocycles. The Morgan fingerprint density at radius 3 is 2.75 bits per heavy atom. The molecule has 0 saturated heterocycles. The maximum atomic E-state index is 11.4. The number of pyridine rings is 1. The first-order valence-electron chi connectivity index (χ1n) is 6.23. The number of ether oxygens (including phenoxy) is 1. The van der Waals surface area contributed by atoms with Crippen LogP contribution in [0.1, 0.15) is 22.8 Å². The number of carbonyl (C=O) groups excluding carboxylic acids is 1. The third-order valence-electron chi connectivity index (χ3n) is 2.94. The number of carbonyl (C=O) groups is 1. The van der Waals surface area contributed by atoms with E-state index in [2.05, 4.69) is 10.3 Å². The van der Waals surface area contributed by atoms with E-state index in [4.69, 9.17) is 10.5 Å². The SMILES string of the molecule is COc1ccc(CNc2ccc(N)c(C(C)=O)c2)cn1. The number of aromatic nitrogens is 1. The average molecular weight is 271 g/mol. The second-order valence-electron chi connectivity index (χ2n) is 4.42. The minimum Gasteiger partial charge on any atom is -0.481 e. The molecule has 3 N–H and O–H groups in total. The van der Waals surface area contributed by atoms with Crippen molar-refractivity contribution >= 4 is 17.2 Å². The Morgan fingerprint density at radius 1 is 1.35 bits per heavy atom. The predicted octanol–water partition coefficient (Wildman–Crippen LogP) is 2.49. The number of nitrogens with one attached hydrogen (secondary N) is 1. The first-order valence-corrected chi connectivity index (χ1v) is 6.23. The molecule has 0 aliphatic heterocycles. The van der Waals surface area contributed by atoms with Crippen molar-refractivity contribution in [2.24, 2.45) is 0 Å². The third-order valence-corrected chi connectivity index (χ3v) is 2.94. The molecule has 0 unspecified atom stereocenters. The van der Waals surface area contributed by atoms with Crippen molar-refractivity contribution in [1.82, 2.24) is 4.98 Å². The summed E-state index contributed by atoms with van der Waals surface area (Å²) in [4.78, 5) is 15.6. The summed E-state index contributed by atoms with van der Waals surface area (Å²) < 4.78 is 5.00. The smallest absolute Gasteiger partial charge is 0.212 e. The van der Waals surface area contributed by atoms with Gasteiger partial charge in [0.05, 0.1) is 7.11 Å². The molecule has 0 aliphatic carbocycles. The first kappa shape index (κ1) is 13.9. The van der Waals surface area contributed by atoms with Gasteiger partial charge in [0.25, 0.3) is 0 Å². The van der Waals surface area contributed by atoms with Crippen molar-refractivity contribution in [3.63, 3.8) is 0 Å². The lowest BCUT2D eigenvalue weighted by Crippen LogP contribution is -2.04. The number of ketones is 1. The Morgan fingerprint density at radius 2 is 2.15 bits per heavy atom. The van der Waals surface area contributed by atoms with Crippen molar-refractivity contribution < 1.29 is 9.53 Å². The van der Waals surface area contributed by atoms with Crippen LogP contribution >= 0.6 is 0 Å². The number of rotatable bonds is 5. The molecule has 5 heteroatoms. The van der Waals surface area contributed by atoms with E-state index in [-0.39, 0.29) is 5.78 Å². The maximum Gasteiger partial charge on any atom is 0.212 e. The van der Waals surface area contributed by atoms with Gasteiger partial charge >= 0.3 is 0 Å². The zero-order valence-corrected chi connectivity index (χ0v) is 11.5. The lowest BCUT2D eigenvalue weighted by molar-refractivity contribution is 0.101. The molecule has 1 aromatic carbocycles. The number of benzene rings is 1. The summed E-state index contributed by atoms with van der Waals surface area (Å²) in [5.74, 6) is 0.539. The van der Waals surface area contributed by atoms with Crippen LogP contribution in [0, 0.1) is 0 Å². The minimum atomic E-state index is -0.0442. The number of Topliss-reactive ketones (excluding diaryl/α,β-unsaturated/α-hetero) is 1. The van der Waals surface area contributed by atoms with Gasteiger partial charge in [-0.1, -0.05) is 6.07 Å². The first-order chi connectivity index (χ1) is 9.60. The van der Waals surface area contributed by atoms with Crippen molar-refractivity contribution in [1.29, 1.82) is 0 Å². The Balaban J connectivity index is 2.06. The zero-order valence-electron chi connectivity index (χ0n) is 11.5. The molecule has 0 fully saturated rings. The molecule has 0 atom stereocenters. The molecular weight excluding hydrogens is 254 g/mol. The van der Waals surface area contributed by atoms with Gasteiger partial charge in [-0.2, -0.15) is 0 Å². The van der Waals surface area contributed by atoms with Crippen molar-refractivity contribution in [3.8, 4) is 5.88 Å². The number of hydrogen-bond donors (Lipinski definition) is 2. The molecule has 20 heavy (non-hydrogen) atoms. The summed E-state index contributed by atoms with van der Waals surface area (Å²) in [5.41, 5.74) is 8.65. The molecule has 2 rings (SSSR count). The fourth-order valence-corrected chi connectivity index (χ4v) is 1.81. The fraction of sp³-hybridized carbons (Fsp3) is 0.200. The van der Waals surface area contributed by atoms with Gasteiger partial charge in [0.1, 0.15) is 0 Å². The summed E-state index contributed by atoms with van der Waals surface area (Å²) in [7, 11) is 1.58. The molecule has 1 aromatic heterocycles. The van der Waals surface area contributed by atoms with E-state index < -0.39 is 0 Å². The van der Waals surface area contributed by atoms with E-state index in [0.717, 1.165) is 11.3 Å². The molecule has 0 spiro atoms. The van der Waals surface area contributed by atoms with Crippen LogP contribution in [0.25, 0.3) is 0 Å². The molecule has 104 valence electrons. The molecule has 5 nitrogen and oxygen atoms in total. The van der Waals surface area contributed by atoms with Crippen LogP contribution < -0.4 is 15.8 Å². The highest BCUT2D eigenvalue weighted by atomic mass is 16.5. The lowest BCUT2D eigenvalue weighted by Gasteiger charge is -2.09. The number of nitrogens with zero attached hydrogens (tertiary/aromatic N) is 1. The van der Waals surface area contributed by atoms with Crippen LogP contribution in [0.4, 0.5) is 11.4 Å². The standard InChI is InChI=1S/C15H17N3O2/c1-10(19)13-7-12(4-5-14(13)16)17-8-11-3-6-15(20-2)18-9-11/h3-7,9,17H,8,16H2,1-2H3. The zero-order chi connectivity index (χ0) is 14.5. The van der Waals surface area contributed by atoms with Crippen LogP contribution in [-0.4, -0.2) is 17.9 Å². The lowest BCUT2D eigenvalue weighted by atomic mass is 10.1. The maximum absolute atomic E-state index is 11.4. The van der Waals surface area contributed by atoms with E-state index >= 15 is 0 Å². The summed E-state index contributed by atoms with van der Waals surface area (Å²) in [6, 6.07) is 9.07. The number of nitrogen functional groups attached to an aromatic ring is 1. The summed E-state index contributed by atoms with van der Waals surface area (Å²) in [6.07, 6.45) is 1.75. The molecule has 0 bridgehead atoms. The number of nitrogens with two attached hydrogens (primary N) is 1. The van der Waals surface area contributed by atoms with E-state index in [1.807, 2.05) is 12.1 Å². The van der Waals surface area contributed by atoms with E-state index in [1.54, 1.807) is 31.5 Å². The van der Waals surface area contributed by atoms with Crippen molar-refractivity contribution in [3.05, 3.63) is 47.7 Å². The molecule has 0 saturated carbocycles. The number of methoxy groups -OCH3 is 1. The Kier molecular flexibility index (Phi) is 4.20. The van der Waals surface area contributed by atoms with Gasteiger partial charge in [0.2, 0.25) is 5.88 Å².